The van der Waals surface area contributed by atoms with E-state index in [4.69, 9.17) is 4.74 Å². The van der Waals surface area contributed by atoms with Gasteiger partial charge in [0.2, 0.25) is 0 Å². The predicted octanol–water partition coefficient (Wildman–Crippen LogP) is 0.624. The van der Waals surface area contributed by atoms with Crippen LogP contribution in [0.25, 0.3) is 0 Å². The minimum absolute atomic E-state index is 0.0272. The number of nitrogens with one attached hydrogen (secondary N) is 1. The third-order valence-electron chi connectivity index (χ3n) is 3.32. The molecule has 1 aliphatic heterocycles. The van der Waals surface area contributed by atoms with Gasteiger partial charge in [-0.1, -0.05) is 0 Å². The molecule has 1 fully saturated rings. The normalized spacial score (nSPS) is 17.6. The van der Waals surface area contributed by atoms with Crippen molar-refractivity contribution in [3.05, 3.63) is 18.2 Å². The summed E-state index contributed by atoms with van der Waals surface area (Å²) in [6, 6.07) is 3.97. The highest BCUT2D eigenvalue weighted by Gasteiger charge is 2.22. The van der Waals surface area contributed by atoms with E-state index in [1.807, 2.05) is 0 Å². The second-order valence-electron chi connectivity index (χ2n) is 5.22. The molecule has 1 aromatic rings. The number of ether oxygens (including phenoxy) is 1. The summed E-state index contributed by atoms with van der Waals surface area (Å²) in [5.41, 5.74) is 0. The number of sulfone groups is 2. The fourth-order valence-corrected chi connectivity index (χ4v) is 3.74. The monoisotopic (exact) mass is 333 g/mol. The van der Waals surface area contributed by atoms with E-state index in [0.717, 1.165) is 38.4 Å². The Labute approximate surface area is 125 Å². The minimum atomic E-state index is -3.57. The lowest BCUT2D eigenvalue weighted by molar-refractivity contribution is 0.158. The second-order valence-corrected chi connectivity index (χ2v) is 9.22. The van der Waals surface area contributed by atoms with Crippen molar-refractivity contribution in [3.8, 4) is 5.75 Å². The quantitative estimate of drug-likeness (QED) is 0.869. The van der Waals surface area contributed by atoms with Gasteiger partial charge in [0.15, 0.2) is 19.7 Å². The lowest BCUT2D eigenvalue weighted by Crippen LogP contribution is -2.34. The van der Waals surface area contributed by atoms with Crippen LogP contribution in [-0.4, -0.2) is 48.5 Å². The van der Waals surface area contributed by atoms with E-state index in [9.17, 15) is 16.8 Å². The molecule has 0 radical (unpaired) electrons. The number of rotatable bonds is 4. The van der Waals surface area contributed by atoms with Gasteiger partial charge in [0.1, 0.15) is 16.7 Å². The molecular weight excluding hydrogens is 314 g/mol. The largest absolute Gasteiger partial charge is 0.489 e. The van der Waals surface area contributed by atoms with E-state index in [0.29, 0.717) is 0 Å². The zero-order valence-corrected chi connectivity index (χ0v) is 13.6. The fourth-order valence-electron chi connectivity index (χ4n) is 2.20. The van der Waals surface area contributed by atoms with Crippen LogP contribution in [0, 0.1) is 0 Å². The zero-order chi connectivity index (χ0) is 15.7. The standard InChI is InChI=1S/C13H19NO5S2/c1-20(15,16)11-3-4-12(13(9-11)21(2,17)18)19-10-5-7-14-8-6-10/h3-4,9-10,14H,5-8H2,1-2H3. The first-order valence-corrected chi connectivity index (χ1v) is 10.4. The number of piperidine rings is 1. The highest BCUT2D eigenvalue weighted by molar-refractivity contribution is 7.91. The average molecular weight is 333 g/mol. The van der Waals surface area contributed by atoms with Crippen LogP contribution >= 0.6 is 0 Å². The van der Waals surface area contributed by atoms with Gasteiger partial charge < -0.3 is 10.1 Å². The van der Waals surface area contributed by atoms with Gasteiger partial charge in [0.05, 0.1) is 4.90 Å². The van der Waals surface area contributed by atoms with Gasteiger partial charge in [-0.05, 0) is 44.1 Å². The van der Waals surface area contributed by atoms with Gasteiger partial charge in [0, 0.05) is 12.5 Å². The molecule has 0 amide bonds. The molecule has 1 aliphatic rings. The van der Waals surface area contributed by atoms with Crippen LogP contribution in [0.15, 0.2) is 28.0 Å². The zero-order valence-electron chi connectivity index (χ0n) is 12.0. The van der Waals surface area contributed by atoms with Crippen LogP contribution < -0.4 is 10.1 Å². The van der Waals surface area contributed by atoms with Crippen LogP contribution in [0.4, 0.5) is 0 Å². The molecule has 0 aliphatic carbocycles. The summed E-state index contributed by atoms with van der Waals surface area (Å²) in [6.07, 6.45) is 3.61. The maximum atomic E-state index is 11.9. The third-order valence-corrected chi connectivity index (χ3v) is 5.55. The predicted molar refractivity (Wildman–Crippen MR) is 79.2 cm³/mol. The summed E-state index contributed by atoms with van der Waals surface area (Å²) in [6.45, 7) is 1.64. The van der Waals surface area contributed by atoms with Gasteiger partial charge in [0.25, 0.3) is 0 Å². The van der Waals surface area contributed by atoms with Gasteiger partial charge in [-0.25, -0.2) is 16.8 Å². The fraction of sp³-hybridized carbons (Fsp3) is 0.538. The van der Waals surface area contributed by atoms with E-state index in [-0.39, 0.29) is 21.6 Å². The molecule has 1 aromatic carbocycles. The molecule has 0 spiro atoms. The summed E-state index contributed by atoms with van der Waals surface area (Å²) < 4.78 is 52.7. The Morgan fingerprint density at radius 3 is 2.19 bits per heavy atom. The smallest absolute Gasteiger partial charge is 0.179 e. The van der Waals surface area contributed by atoms with Crippen LogP contribution in [0.3, 0.4) is 0 Å². The lowest BCUT2D eigenvalue weighted by Gasteiger charge is -2.24. The van der Waals surface area contributed by atoms with Crippen LogP contribution in [0.5, 0.6) is 5.75 Å². The highest BCUT2D eigenvalue weighted by Crippen LogP contribution is 2.29. The van der Waals surface area contributed by atoms with Crippen molar-refractivity contribution in [2.75, 3.05) is 25.6 Å². The van der Waals surface area contributed by atoms with Crippen LogP contribution in [-0.2, 0) is 19.7 Å². The van der Waals surface area contributed by atoms with Gasteiger partial charge >= 0.3 is 0 Å². The molecule has 6 nitrogen and oxygen atoms in total. The topological polar surface area (TPSA) is 89.5 Å². The van der Waals surface area contributed by atoms with Crippen molar-refractivity contribution >= 4 is 19.7 Å². The SMILES string of the molecule is CS(=O)(=O)c1ccc(OC2CCNCC2)c(S(C)(=O)=O)c1. The Morgan fingerprint density at radius 1 is 1.05 bits per heavy atom. The molecule has 21 heavy (non-hydrogen) atoms. The van der Waals surface area contributed by atoms with Crippen molar-refractivity contribution < 1.29 is 21.6 Å². The Balaban J connectivity index is 2.40. The van der Waals surface area contributed by atoms with Crippen molar-refractivity contribution in [1.29, 1.82) is 0 Å². The molecule has 1 N–H and O–H groups in total. The number of hydrogen-bond acceptors (Lipinski definition) is 6. The van der Waals surface area contributed by atoms with Crippen molar-refractivity contribution in [1.82, 2.24) is 5.32 Å². The molecule has 0 bridgehead atoms. The minimum Gasteiger partial charge on any atom is -0.489 e. The average Bonchev–Trinajstić information content (AvgIpc) is 2.38. The first-order valence-electron chi connectivity index (χ1n) is 6.59. The first-order chi connectivity index (χ1) is 9.68. The van der Waals surface area contributed by atoms with E-state index >= 15 is 0 Å². The summed E-state index contributed by atoms with van der Waals surface area (Å²) in [5, 5.41) is 3.20. The molecular formula is C13H19NO5S2. The van der Waals surface area contributed by atoms with Crippen LogP contribution in [0.1, 0.15) is 12.8 Å². The van der Waals surface area contributed by atoms with Crippen molar-refractivity contribution in [2.45, 2.75) is 28.7 Å². The summed E-state index contributed by atoms with van der Waals surface area (Å²) in [7, 11) is -7.04. The summed E-state index contributed by atoms with van der Waals surface area (Å²) in [5.74, 6) is 0.219. The molecule has 8 heteroatoms. The maximum Gasteiger partial charge on any atom is 0.179 e. The van der Waals surface area contributed by atoms with Gasteiger partial charge in [-0.2, -0.15) is 0 Å². The van der Waals surface area contributed by atoms with Crippen molar-refractivity contribution in [2.24, 2.45) is 0 Å². The summed E-state index contributed by atoms with van der Waals surface area (Å²) >= 11 is 0. The molecule has 1 heterocycles. The Bertz CT molecular complexity index is 719. The number of benzene rings is 1. The Hall–Kier alpha value is -1.12. The molecule has 0 unspecified atom stereocenters. The van der Waals surface area contributed by atoms with E-state index in [1.165, 1.54) is 18.2 Å². The van der Waals surface area contributed by atoms with Gasteiger partial charge in [-0.3, -0.25) is 0 Å². The molecule has 118 valence electrons. The molecule has 0 atom stereocenters. The van der Waals surface area contributed by atoms with Crippen LogP contribution in [0.2, 0.25) is 0 Å². The molecule has 2 rings (SSSR count). The van der Waals surface area contributed by atoms with Crippen molar-refractivity contribution in [3.63, 3.8) is 0 Å². The lowest BCUT2D eigenvalue weighted by atomic mass is 10.1. The van der Waals surface area contributed by atoms with E-state index < -0.39 is 19.7 Å². The molecule has 0 aromatic heterocycles. The second kappa shape index (κ2) is 5.94. The van der Waals surface area contributed by atoms with E-state index in [2.05, 4.69) is 5.32 Å². The highest BCUT2D eigenvalue weighted by atomic mass is 32.2. The summed E-state index contributed by atoms with van der Waals surface area (Å²) in [4.78, 5) is -0.107. The maximum absolute atomic E-state index is 11.9. The Kier molecular flexibility index (Phi) is 4.60. The molecule has 0 saturated carbocycles. The third kappa shape index (κ3) is 4.18. The first kappa shape index (κ1) is 16.3. The molecule has 1 saturated heterocycles. The Morgan fingerprint density at radius 2 is 1.67 bits per heavy atom. The number of hydrogen-bond donors (Lipinski definition) is 1. The van der Waals surface area contributed by atoms with E-state index in [1.54, 1.807) is 0 Å². The van der Waals surface area contributed by atoms with Gasteiger partial charge in [-0.15, -0.1) is 0 Å².